The Kier molecular flexibility index (Phi) is 8.45. The van der Waals surface area contributed by atoms with Crippen LogP contribution in [-0.2, 0) is 0 Å². The molecule has 14 rings (SSSR count). The maximum Gasteiger partial charge on any atom is 0.164 e. The lowest BCUT2D eigenvalue weighted by Crippen LogP contribution is -2.02. The Morgan fingerprint density at radius 3 is 1.33 bits per heavy atom. The molecule has 0 atom stereocenters. The van der Waals surface area contributed by atoms with Crippen LogP contribution in [0.25, 0.3) is 142 Å². The maximum absolute atomic E-state index is 5.39. The summed E-state index contributed by atoms with van der Waals surface area (Å²) in [5, 5.41) is 16.4. The quantitative estimate of drug-likeness (QED) is 0.156. The number of fused-ring (bicyclic) bond motifs is 3. The fraction of sp³-hybridized carbons (Fsp3) is 0. The van der Waals surface area contributed by atoms with Crippen LogP contribution in [0.15, 0.2) is 224 Å². The summed E-state index contributed by atoms with van der Waals surface area (Å²) in [6.45, 7) is 0. The van der Waals surface area contributed by atoms with Crippen molar-refractivity contribution in [1.29, 1.82) is 0 Å². The third-order valence-electron chi connectivity index (χ3n) is 13.6. The largest absolute Gasteiger partial charge is 0.208 e. The number of hydrogen-bond donors (Lipinski definition) is 0. The summed E-state index contributed by atoms with van der Waals surface area (Å²) in [5.41, 5.74) is 8.39. The van der Waals surface area contributed by atoms with E-state index in [9.17, 15) is 0 Å². The minimum absolute atomic E-state index is 0.624. The molecule has 0 N–H and O–H groups in total. The third kappa shape index (κ3) is 6.00. The molecule has 67 heavy (non-hydrogen) atoms. The Balaban J connectivity index is 1.01. The molecule has 310 valence electrons. The van der Waals surface area contributed by atoms with Gasteiger partial charge in [-0.05, 0) is 117 Å². The first-order valence-electron chi connectivity index (χ1n) is 22.8. The predicted molar refractivity (Wildman–Crippen MR) is 284 cm³/mol. The van der Waals surface area contributed by atoms with Gasteiger partial charge in [0.15, 0.2) is 17.5 Å². The summed E-state index contributed by atoms with van der Waals surface area (Å²) in [7, 11) is 0. The highest BCUT2D eigenvalue weighted by Gasteiger charge is 2.21. The lowest BCUT2D eigenvalue weighted by atomic mass is 9.85. The fourth-order valence-corrected chi connectivity index (χ4v) is 11.8. The Morgan fingerprint density at radius 2 is 0.701 bits per heavy atom. The molecule has 4 heteroatoms. The van der Waals surface area contributed by atoms with E-state index in [-0.39, 0.29) is 0 Å². The van der Waals surface area contributed by atoms with Crippen molar-refractivity contribution in [3.63, 3.8) is 0 Å². The van der Waals surface area contributed by atoms with Gasteiger partial charge in [-0.15, -0.1) is 11.3 Å². The normalized spacial score (nSPS) is 11.9. The summed E-state index contributed by atoms with van der Waals surface area (Å²) in [4.78, 5) is 17.1. The first-order chi connectivity index (χ1) is 33.2. The Hall–Kier alpha value is -8.57. The van der Waals surface area contributed by atoms with Crippen LogP contribution in [0, 0.1) is 0 Å². The van der Waals surface area contributed by atoms with E-state index >= 15 is 0 Å². The molecule has 0 saturated carbocycles. The molecule has 2 aromatic heterocycles. The van der Waals surface area contributed by atoms with Crippen molar-refractivity contribution >= 4 is 86.1 Å². The van der Waals surface area contributed by atoms with Crippen LogP contribution in [0.4, 0.5) is 0 Å². The molecule has 0 unspecified atom stereocenters. The van der Waals surface area contributed by atoms with E-state index < -0.39 is 0 Å². The molecule has 0 bridgehead atoms. The number of nitrogens with zero attached hydrogens (tertiary/aromatic N) is 3. The smallest absolute Gasteiger partial charge is 0.164 e. The molecule has 14 aromatic rings. The fourth-order valence-electron chi connectivity index (χ4n) is 10.7. The highest BCUT2D eigenvalue weighted by atomic mass is 32.1. The first kappa shape index (κ1) is 37.8. The first-order valence-corrected chi connectivity index (χ1v) is 23.6. The summed E-state index contributed by atoms with van der Waals surface area (Å²) < 4.78 is 1.25. The highest BCUT2D eigenvalue weighted by molar-refractivity contribution is 7.22. The van der Waals surface area contributed by atoms with Gasteiger partial charge in [-0.1, -0.05) is 200 Å². The van der Waals surface area contributed by atoms with E-state index in [0.717, 1.165) is 44.5 Å². The van der Waals surface area contributed by atoms with Crippen LogP contribution >= 0.6 is 11.3 Å². The molecule has 0 fully saturated rings. The number of benzene rings is 11. The molecule has 0 radical (unpaired) electrons. The van der Waals surface area contributed by atoms with Gasteiger partial charge in [0.1, 0.15) is 0 Å². The number of aromatic nitrogens is 3. The second-order valence-corrected chi connectivity index (χ2v) is 18.5. The highest BCUT2D eigenvalue weighted by Crippen LogP contribution is 2.46. The van der Waals surface area contributed by atoms with Gasteiger partial charge in [0.25, 0.3) is 0 Å². The average molecular weight is 868 g/mol. The predicted octanol–water partition coefficient (Wildman–Crippen LogP) is 17.4. The number of thiophene rings is 1. The second kappa shape index (κ2) is 15.0. The van der Waals surface area contributed by atoms with E-state index in [0.29, 0.717) is 17.5 Å². The standard InChI is InChI=1S/C63H37N3S/c1-2-15-41(16-3-1)61-64-62(66-63(65-61)53-26-10-8-24-48(53)56-37-42-17-4-11-30-55(42)67-56)52-25-9-7-23-47(52)46-22-6-5-21-45(46)44-35-43-34-33-40-19-13-28-50-49-27-12-18-38-31-32-39-20-14-29-51(59(39)57(38)49)54(36-44)60(43)58(40)50/h1-37H. The Morgan fingerprint density at radius 1 is 0.254 bits per heavy atom. The van der Waals surface area contributed by atoms with Crippen molar-refractivity contribution in [2.45, 2.75) is 0 Å². The Bertz CT molecular complexity index is 4240. The topological polar surface area (TPSA) is 38.7 Å². The lowest BCUT2D eigenvalue weighted by Gasteiger charge is -2.18. The van der Waals surface area contributed by atoms with Crippen LogP contribution < -0.4 is 0 Å². The van der Waals surface area contributed by atoms with Gasteiger partial charge in [-0.2, -0.15) is 0 Å². The number of rotatable bonds is 6. The van der Waals surface area contributed by atoms with Gasteiger partial charge in [-0.3, -0.25) is 0 Å². The minimum atomic E-state index is 0.624. The molecule has 2 heterocycles. The van der Waals surface area contributed by atoms with Crippen LogP contribution in [-0.4, -0.2) is 15.0 Å². The molecule has 0 amide bonds. The van der Waals surface area contributed by atoms with Gasteiger partial charge < -0.3 is 0 Å². The van der Waals surface area contributed by atoms with Crippen molar-refractivity contribution in [2.75, 3.05) is 0 Å². The molecule has 0 aliphatic rings. The zero-order chi connectivity index (χ0) is 44.0. The van der Waals surface area contributed by atoms with E-state index in [1.54, 1.807) is 11.3 Å². The van der Waals surface area contributed by atoms with Crippen molar-refractivity contribution in [2.24, 2.45) is 0 Å². The van der Waals surface area contributed by atoms with Gasteiger partial charge >= 0.3 is 0 Å². The van der Waals surface area contributed by atoms with Crippen molar-refractivity contribution in [1.82, 2.24) is 15.0 Å². The zero-order valence-corrected chi connectivity index (χ0v) is 36.9. The lowest BCUT2D eigenvalue weighted by molar-refractivity contribution is 1.07. The van der Waals surface area contributed by atoms with Crippen LogP contribution in [0.5, 0.6) is 0 Å². The van der Waals surface area contributed by atoms with Crippen molar-refractivity contribution < 1.29 is 0 Å². The van der Waals surface area contributed by atoms with Crippen LogP contribution in [0.2, 0.25) is 0 Å². The van der Waals surface area contributed by atoms with Gasteiger partial charge in [0.2, 0.25) is 0 Å². The van der Waals surface area contributed by atoms with E-state index in [2.05, 4.69) is 206 Å². The van der Waals surface area contributed by atoms with Gasteiger partial charge in [0.05, 0.1) is 0 Å². The van der Waals surface area contributed by atoms with E-state index in [1.807, 2.05) is 18.2 Å². The zero-order valence-electron chi connectivity index (χ0n) is 36.1. The third-order valence-corrected chi connectivity index (χ3v) is 14.8. The second-order valence-electron chi connectivity index (χ2n) is 17.4. The summed E-state index contributed by atoms with van der Waals surface area (Å²) in [5.74, 6) is 1.89. The van der Waals surface area contributed by atoms with Gasteiger partial charge in [0, 0.05) is 31.8 Å². The maximum atomic E-state index is 5.39. The molecular weight excluding hydrogens is 831 g/mol. The number of hydrogen-bond acceptors (Lipinski definition) is 4. The van der Waals surface area contributed by atoms with Gasteiger partial charge in [-0.25, -0.2) is 15.0 Å². The average Bonchev–Trinajstić information content (AvgIpc) is 3.84. The SMILES string of the molecule is c1ccc(-c2nc(-c3ccccc3-c3cc4ccccc4s3)nc(-c3ccccc3-c3ccccc3-c3cc4ccc5cccc6c7cccc8ccc9cccc(c(c3)c4c56)c9c87)n2)cc1. The molecule has 0 spiro atoms. The van der Waals surface area contributed by atoms with Crippen molar-refractivity contribution in [3.05, 3.63) is 224 Å². The van der Waals surface area contributed by atoms with E-state index in [1.165, 1.54) is 79.6 Å². The monoisotopic (exact) mass is 867 g/mol. The molecule has 0 aliphatic carbocycles. The van der Waals surface area contributed by atoms with Crippen LogP contribution in [0.1, 0.15) is 0 Å². The molecule has 0 aliphatic heterocycles. The minimum Gasteiger partial charge on any atom is -0.208 e. The molecule has 3 nitrogen and oxygen atoms in total. The molecule has 12 aromatic carbocycles. The molecule has 0 saturated heterocycles. The summed E-state index contributed by atoms with van der Waals surface area (Å²) in [6, 6.07) is 81.3. The summed E-state index contributed by atoms with van der Waals surface area (Å²) >= 11 is 1.79. The van der Waals surface area contributed by atoms with E-state index in [4.69, 9.17) is 15.0 Å². The van der Waals surface area contributed by atoms with Crippen molar-refractivity contribution in [3.8, 4) is 66.9 Å². The summed E-state index contributed by atoms with van der Waals surface area (Å²) in [6.07, 6.45) is 0. The van der Waals surface area contributed by atoms with Crippen LogP contribution in [0.3, 0.4) is 0 Å². The Labute approximate surface area is 390 Å². The molecular formula is C63H37N3S.